The van der Waals surface area contributed by atoms with Crippen molar-refractivity contribution in [1.82, 2.24) is 20.2 Å². The van der Waals surface area contributed by atoms with Gasteiger partial charge in [0.2, 0.25) is 17.8 Å². The number of piperidine rings is 1. The number of ether oxygens (including phenoxy) is 1. The summed E-state index contributed by atoms with van der Waals surface area (Å²) in [6.07, 6.45) is 5.88. The van der Waals surface area contributed by atoms with Crippen LogP contribution in [0.3, 0.4) is 0 Å². The zero-order chi connectivity index (χ0) is 25.3. The molecule has 0 radical (unpaired) electrons. The van der Waals surface area contributed by atoms with Gasteiger partial charge in [0, 0.05) is 74.1 Å². The maximum absolute atomic E-state index is 13.9. The molecule has 2 saturated carbocycles. The third-order valence-electron chi connectivity index (χ3n) is 9.13. The lowest BCUT2D eigenvalue weighted by molar-refractivity contribution is -0.135. The fourth-order valence-corrected chi connectivity index (χ4v) is 7.09. The summed E-state index contributed by atoms with van der Waals surface area (Å²) in [6.45, 7) is 4.51. The second-order valence-corrected chi connectivity index (χ2v) is 11.1. The van der Waals surface area contributed by atoms with Crippen LogP contribution in [0.15, 0.2) is 24.4 Å². The maximum atomic E-state index is 13.9. The SMILES string of the molecule is COc1cc(Nc2ncc3c(n2)N(C2CCCC2)C(=O)[C@]24C(=O)NCC2C34)ccc1N1CCN(C)CC1. The molecule has 10 nitrogen and oxygen atoms in total. The van der Waals surface area contributed by atoms with E-state index in [9.17, 15) is 9.59 Å². The van der Waals surface area contributed by atoms with Crippen LogP contribution in [0.2, 0.25) is 0 Å². The number of hydrogen-bond acceptors (Lipinski definition) is 8. The first-order valence-electron chi connectivity index (χ1n) is 13.4. The van der Waals surface area contributed by atoms with Crippen molar-refractivity contribution in [1.29, 1.82) is 0 Å². The molecule has 2 aliphatic carbocycles. The Labute approximate surface area is 216 Å². The summed E-state index contributed by atoms with van der Waals surface area (Å²) in [4.78, 5) is 42.7. The number of benzene rings is 1. The number of fused-ring (bicyclic) bond motifs is 3. The van der Waals surface area contributed by atoms with E-state index in [1.165, 1.54) is 0 Å². The molecular formula is C27H33N7O3. The summed E-state index contributed by atoms with van der Waals surface area (Å²) in [7, 11) is 3.84. The number of likely N-dealkylation sites (N-methyl/N-ethyl adjacent to an activating group) is 1. The Morgan fingerprint density at radius 1 is 1.14 bits per heavy atom. The van der Waals surface area contributed by atoms with Crippen LogP contribution in [0.4, 0.5) is 23.1 Å². The highest BCUT2D eigenvalue weighted by Crippen LogP contribution is 2.71. The first-order valence-corrected chi connectivity index (χ1v) is 13.4. The number of anilines is 4. The van der Waals surface area contributed by atoms with Gasteiger partial charge in [-0.1, -0.05) is 12.8 Å². The van der Waals surface area contributed by atoms with Crippen LogP contribution >= 0.6 is 0 Å². The first kappa shape index (κ1) is 22.8. The lowest BCUT2D eigenvalue weighted by Crippen LogP contribution is -2.51. The summed E-state index contributed by atoms with van der Waals surface area (Å²) in [5, 5.41) is 6.24. The van der Waals surface area contributed by atoms with E-state index in [1.54, 1.807) is 7.11 Å². The molecule has 2 saturated heterocycles. The van der Waals surface area contributed by atoms with Crippen LogP contribution in [0.1, 0.15) is 37.2 Å². The van der Waals surface area contributed by atoms with E-state index in [1.807, 2.05) is 23.2 Å². The minimum Gasteiger partial charge on any atom is -0.495 e. The van der Waals surface area contributed by atoms with E-state index in [0.717, 1.165) is 74.6 Å². The van der Waals surface area contributed by atoms with E-state index in [4.69, 9.17) is 9.72 Å². The molecule has 5 aliphatic rings. The van der Waals surface area contributed by atoms with Gasteiger partial charge in [-0.2, -0.15) is 4.98 Å². The number of methoxy groups -OCH3 is 1. The lowest BCUT2D eigenvalue weighted by atomic mass is 9.92. The Bertz CT molecular complexity index is 1270. The average molecular weight is 504 g/mol. The molecule has 2 amide bonds. The molecular weight excluding hydrogens is 470 g/mol. The second-order valence-electron chi connectivity index (χ2n) is 11.1. The van der Waals surface area contributed by atoms with Crippen molar-refractivity contribution < 1.29 is 14.3 Å². The molecule has 10 heteroatoms. The number of piperazine rings is 1. The number of nitrogens with zero attached hydrogens (tertiary/aromatic N) is 5. The van der Waals surface area contributed by atoms with Gasteiger partial charge in [0.05, 0.1) is 12.8 Å². The third-order valence-corrected chi connectivity index (χ3v) is 9.13. The van der Waals surface area contributed by atoms with Gasteiger partial charge in [-0.15, -0.1) is 0 Å². The highest BCUT2D eigenvalue weighted by atomic mass is 16.5. The van der Waals surface area contributed by atoms with Gasteiger partial charge in [-0.3, -0.25) is 14.5 Å². The fraction of sp³-hybridized carbons (Fsp3) is 0.556. The summed E-state index contributed by atoms with van der Waals surface area (Å²) in [6, 6.07) is 6.15. The van der Waals surface area contributed by atoms with Crippen molar-refractivity contribution >= 4 is 35.0 Å². The van der Waals surface area contributed by atoms with E-state index >= 15 is 0 Å². The van der Waals surface area contributed by atoms with Crippen LogP contribution in [0.25, 0.3) is 0 Å². The molecule has 2 unspecified atom stereocenters. The summed E-state index contributed by atoms with van der Waals surface area (Å²) < 4.78 is 5.74. The molecule has 3 atom stereocenters. The number of amides is 2. The summed E-state index contributed by atoms with van der Waals surface area (Å²) in [5.74, 6) is 1.61. The molecule has 37 heavy (non-hydrogen) atoms. The molecule has 4 heterocycles. The lowest BCUT2D eigenvalue weighted by Gasteiger charge is -2.36. The van der Waals surface area contributed by atoms with E-state index in [0.29, 0.717) is 18.3 Å². The Balaban J connectivity index is 1.20. The molecule has 4 fully saturated rings. The summed E-state index contributed by atoms with van der Waals surface area (Å²) in [5.41, 5.74) is 1.89. The minimum absolute atomic E-state index is 0.00597. The zero-order valence-electron chi connectivity index (χ0n) is 21.4. The van der Waals surface area contributed by atoms with Crippen molar-refractivity contribution in [2.45, 2.75) is 37.6 Å². The van der Waals surface area contributed by atoms with Crippen LogP contribution in [-0.2, 0) is 9.59 Å². The average Bonchev–Trinajstić information content (AvgIpc) is 3.15. The van der Waals surface area contributed by atoms with Crippen molar-refractivity contribution in [3.63, 3.8) is 0 Å². The van der Waals surface area contributed by atoms with Gasteiger partial charge < -0.3 is 25.2 Å². The number of nitrogens with one attached hydrogen (secondary N) is 2. The van der Waals surface area contributed by atoms with Gasteiger partial charge in [0.15, 0.2) is 0 Å². The van der Waals surface area contributed by atoms with Crippen molar-refractivity contribution in [2.75, 3.05) is 62.0 Å². The highest BCUT2D eigenvalue weighted by molar-refractivity contribution is 6.19. The Kier molecular flexibility index (Phi) is 5.11. The quantitative estimate of drug-likeness (QED) is 0.598. The number of aromatic nitrogens is 2. The summed E-state index contributed by atoms with van der Waals surface area (Å²) >= 11 is 0. The molecule has 2 N–H and O–H groups in total. The molecule has 1 aromatic carbocycles. The van der Waals surface area contributed by atoms with Gasteiger partial charge in [0.25, 0.3) is 0 Å². The van der Waals surface area contributed by atoms with Crippen molar-refractivity contribution in [3.05, 3.63) is 30.0 Å². The van der Waals surface area contributed by atoms with Crippen molar-refractivity contribution in [3.8, 4) is 5.75 Å². The van der Waals surface area contributed by atoms with Gasteiger partial charge in [-0.25, -0.2) is 4.98 Å². The molecule has 2 aromatic rings. The molecule has 1 spiro atoms. The number of carbonyl (C=O) groups excluding carboxylic acids is 2. The monoisotopic (exact) mass is 503 g/mol. The fourth-order valence-electron chi connectivity index (χ4n) is 7.09. The normalized spacial score (nSPS) is 29.0. The van der Waals surface area contributed by atoms with Crippen LogP contribution < -0.4 is 25.2 Å². The van der Waals surface area contributed by atoms with Gasteiger partial charge in [0.1, 0.15) is 17.0 Å². The van der Waals surface area contributed by atoms with Gasteiger partial charge in [-0.05, 0) is 32.0 Å². The van der Waals surface area contributed by atoms with Gasteiger partial charge >= 0.3 is 0 Å². The molecule has 0 bridgehead atoms. The maximum Gasteiger partial charge on any atom is 0.245 e. The van der Waals surface area contributed by atoms with E-state index in [-0.39, 0.29) is 29.7 Å². The van der Waals surface area contributed by atoms with E-state index in [2.05, 4.69) is 38.5 Å². The molecule has 1 aromatic heterocycles. The van der Waals surface area contributed by atoms with Crippen molar-refractivity contribution in [2.24, 2.45) is 11.3 Å². The first-order chi connectivity index (χ1) is 18.0. The standard InChI is InChI=1S/C27H33N7O3/c1-32-9-11-33(12-10-32)20-8-7-16(13-21(20)37-2)30-26-29-14-18-22-19-15-28-24(35)27(19,22)25(36)34(23(18)31-26)17-5-3-4-6-17/h7-8,13-14,17,19,22H,3-6,9-12,15H2,1-2H3,(H,28,35)(H,29,30,31)/t19?,22?,27-/m1/s1. The highest BCUT2D eigenvalue weighted by Gasteiger charge is 2.81. The van der Waals surface area contributed by atoms with E-state index < -0.39 is 5.41 Å². The Morgan fingerprint density at radius 2 is 1.92 bits per heavy atom. The minimum atomic E-state index is -0.944. The van der Waals surface area contributed by atoms with Crippen LogP contribution in [0.5, 0.6) is 5.75 Å². The predicted molar refractivity (Wildman–Crippen MR) is 139 cm³/mol. The largest absolute Gasteiger partial charge is 0.495 e. The number of carbonyl (C=O) groups is 2. The molecule has 194 valence electrons. The topological polar surface area (TPSA) is 103 Å². The second kappa shape index (κ2) is 8.31. The zero-order valence-corrected chi connectivity index (χ0v) is 21.4. The van der Waals surface area contributed by atoms with Crippen LogP contribution in [-0.4, -0.2) is 79.6 Å². The third kappa shape index (κ3) is 3.27. The smallest absolute Gasteiger partial charge is 0.245 e. The number of rotatable bonds is 5. The predicted octanol–water partition coefficient (Wildman–Crippen LogP) is 2.10. The number of hydrogen-bond donors (Lipinski definition) is 2. The molecule has 7 rings (SSSR count). The Morgan fingerprint density at radius 3 is 2.68 bits per heavy atom. The Hall–Kier alpha value is -3.40. The van der Waals surface area contributed by atoms with Crippen LogP contribution in [0, 0.1) is 11.3 Å². The molecule has 3 aliphatic heterocycles.